The molecule has 1 aromatic rings. The van der Waals surface area contributed by atoms with E-state index < -0.39 is 0 Å². The average molecular weight is 195 g/mol. The summed E-state index contributed by atoms with van der Waals surface area (Å²) in [7, 11) is 0. The minimum absolute atomic E-state index is 0.443. The Morgan fingerprint density at radius 2 is 2.64 bits per heavy atom. The second-order valence-electron chi connectivity index (χ2n) is 3.86. The predicted molar refractivity (Wildman–Crippen MR) is 53.8 cm³/mol. The maximum atomic E-state index is 5.64. The first-order chi connectivity index (χ1) is 6.83. The van der Waals surface area contributed by atoms with E-state index in [1.807, 2.05) is 12.5 Å². The summed E-state index contributed by atoms with van der Waals surface area (Å²) in [5.74, 6) is 0.606. The Morgan fingerprint density at radius 1 is 1.79 bits per heavy atom. The van der Waals surface area contributed by atoms with Gasteiger partial charge in [-0.25, -0.2) is 4.98 Å². The van der Waals surface area contributed by atoms with Crippen LogP contribution in [0.2, 0.25) is 0 Å². The number of nitrogens with two attached hydrogens (primary N) is 1. The van der Waals surface area contributed by atoms with Crippen LogP contribution in [0, 0.1) is 5.92 Å². The number of hydrogen-bond acceptors (Lipinski definition) is 3. The van der Waals surface area contributed by atoms with E-state index in [4.69, 9.17) is 10.5 Å². The van der Waals surface area contributed by atoms with Gasteiger partial charge in [-0.1, -0.05) is 0 Å². The monoisotopic (exact) mass is 195 g/mol. The van der Waals surface area contributed by atoms with Crippen molar-refractivity contribution < 1.29 is 4.74 Å². The first kappa shape index (κ1) is 9.68. The third-order valence-electron chi connectivity index (χ3n) is 3.04. The lowest BCUT2D eigenvalue weighted by atomic mass is 10.0. The summed E-state index contributed by atoms with van der Waals surface area (Å²) < 4.78 is 7.55. The number of ether oxygens (including phenoxy) is 1. The normalized spacial score (nSPS) is 24.0. The standard InChI is InChI=1S/C10H17N3O/c1-8(9-2-3-14-6-9)13-7-12-5-10(13)4-11/h5,7-9H,2-4,6,11H2,1H3. The minimum Gasteiger partial charge on any atom is -0.381 e. The Hall–Kier alpha value is -0.870. The van der Waals surface area contributed by atoms with Gasteiger partial charge in [0.1, 0.15) is 0 Å². The molecule has 2 N–H and O–H groups in total. The minimum atomic E-state index is 0.443. The van der Waals surface area contributed by atoms with Crippen molar-refractivity contribution >= 4 is 0 Å². The second-order valence-corrected chi connectivity index (χ2v) is 3.86. The van der Waals surface area contributed by atoms with Gasteiger partial charge in [0.2, 0.25) is 0 Å². The number of nitrogens with zero attached hydrogens (tertiary/aromatic N) is 2. The van der Waals surface area contributed by atoms with E-state index in [1.165, 1.54) is 0 Å². The van der Waals surface area contributed by atoms with Crippen LogP contribution in [0.4, 0.5) is 0 Å². The average Bonchev–Trinajstić information content (AvgIpc) is 2.87. The van der Waals surface area contributed by atoms with Gasteiger partial charge in [-0.15, -0.1) is 0 Å². The molecule has 0 spiro atoms. The SMILES string of the molecule is CC(C1CCOC1)n1cncc1CN. The Morgan fingerprint density at radius 3 is 3.29 bits per heavy atom. The fourth-order valence-corrected chi connectivity index (χ4v) is 2.02. The van der Waals surface area contributed by atoms with E-state index in [9.17, 15) is 0 Å². The zero-order valence-corrected chi connectivity index (χ0v) is 8.52. The van der Waals surface area contributed by atoms with E-state index in [-0.39, 0.29) is 0 Å². The molecule has 78 valence electrons. The predicted octanol–water partition coefficient (Wildman–Crippen LogP) is 0.939. The number of imidazole rings is 1. The molecule has 0 bridgehead atoms. The lowest BCUT2D eigenvalue weighted by Gasteiger charge is -2.21. The van der Waals surface area contributed by atoms with Crippen molar-refractivity contribution in [3.63, 3.8) is 0 Å². The molecular weight excluding hydrogens is 178 g/mol. The zero-order valence-electron chi connectivity index (χ0n) is 8.52. The van der Waals surface area contributed by atoms with Gasteiger partial charge in [0.25, 0.3) is 0 Å². The molecule has 0 amide bonds. The van der Waals surface area contributed by atoms with Gasteiger partial charge in [-0.05, 0) is 13.3 Å². The summed E-state index contributed by atoms with van der Waals surface area (Å²) in [4.78, 5) is 4.13. The van der Waals surface area contributed by atoms with Crippen molar-refractivity contribution in [1.82, 2.24) is 9.55 Å². The maximum Gasteiger partial charge on any atom is 0.0951 e. The highest BCUT2D eigenvalue weighted by molar-refractivity contribution is 5.00. The van der Waals surface area contributed by atoms with E-state index in [2.05, 4.69) is 16.5 Å². The third-order valence-corrected chi connectivity index (χ3v) is 3.04. The van der Waals surface area contributed by atoms with Crippen molar-refractivity contribution in [1.29, 1.82) is 0 Å². The molecule has 2 unspecified atom stereocenters. The van der Waals surface area contributed by atoms with Crippen molar-refractivity contribution in [2.24, 2.45) is 11.7 Å². The Balaban J connectivity index is 2.12. The second kappa shape index (κ2) is 4.11. The molecule has 2 heterocycles. The molecule has 1 aliphatic rings. The highest BCUT2D eigenvalue weighted by atomic mass is 16.5. The third kappa shape index (κ3) is 1.67. The van der Waals surface area contributed by atoms with E-state index in [0.717, 1.165) is 25.3 Å². The maximum absolute atomic E-state index is 5.64. The van der Waals surface area contributed by atoms with Gasteiger partial charge < -0.3 is 15.0 Å². The van der Waals surface area contributed by atoms with Crippen LogP contribution in [0.25, 0.3) is 0 Å². The van der Waals surface area contributed by atoms with E-state index in [0.29, 0.717) is 18.5 Å². The summed E-state index contributed by atoms with van der Waals surface area (Å²) in [6.45, 7) is 4.52. The number of hydrogen-bond donors (Lipinski definition) is 1. The molecule has 0 saturated carbocycles. The largest absolute Gasteiger partial charge is 0.381 e. The van der Waals surface area contributed by atoms with Crippen LogP contribution in [-0.2, 0) is 11.3 Å². The lowest BCUT2D eigenvalue weighted by molar-refractivity contribution is 0.174. The van der Waals surface area contributed by atoms with E-state index >= 15 is 0 Å². The van der Waals surface area contributed by atoms with Crippen LogP contribution in [0.5, 0.6) is 0 Å². The zero-order chi connectivity index (χ0) is 9.97. The van der Waals surface area contributed by atoms with Gasteiger partial charge >= 0.3 is 0 Å². The van der Waals surface area contributed by atoms with E-state index in [1.54, 1.807) is 0 Å². The van der Waals surface area contributed by atoms with Crippen LogP contribution in [-0.4, -0.2) is 22.8 Å². The molecule has 0 aliphatic carbocycles. The highest BCUT2D eigenvalue weighted by Gasteiger charge is 2.24. The van der Waals surface area contributed by atoms with Crippen LogP contribution in [0.1, 0.15) is 25.1 Å². The summed E-state index contributed by atoms with van der Waals surface area (Å²) >= 11 is 0. The molecule has 0 radical (unpaired) electrons. The molecule has 2 rings (SSSR count). The first-order valence-corrected chi connectivity index (χ1v) is 5.11. The molecule has 1 aromatic heterocycles. The van der Waals surface area contributed by atoms with Crippen molar-refractivity contribution in [3.8, 4) is 0 Å². The Bertz CT molecular complexity index is 291. The fraction of sp³-hybridized carbons (Fsp3) is 0.700. The molecule has 14 heavy (non-hydrogen) atoms. The molecule has 1 saturated heterocycles. The Kier molecular flexibility index (Phi) is 2.84. The van der Waals surface area contributed by atoms with Crippen LogP contribution in [0.3, 0.4) is 0 Å². The lowest BCUT2D eigenvalue weighted by Crippen LogP contribution is -2.19. The number of rotatable bonds is 3. The molecule has 1 aliphatic heterocycles. The summed E-state index contributed by atoms with van der Waals surface area (Å²) in [5.41, 5.74) is 6.74. The summed E-state index contributed by atoms with van der Waals surface area (Å²) in [6, 6.07) is 0.443. The van der Waals surface area contributed by atoms with Crippen LogP contribution >= 0.6 is 0 Å². The van der Waals surface area contributed by atoms with Crippen LogP contribution in [0.15, 0.2) is 12.5 Å². The van der Waals surface area contributed by atoms with Crippen molar-refractivity contribution in [2.45, 2.75) is 25.9 Å². The van der Waals surface area contributed by atoms with Gasteiger partial charge in [0, 0.05) is 31.3 Å². The van der Waals surface area contributed by atoms with Crippen molar-refractivity contribution in [3.05, 3.63) is 18.2 Å². The molecule has 1 fully saturated rings. The summed E-state index contributed by atoms with van der Waals surface area (Å²) in [6.07, 6.45) is 4.85. The van der Waals surface area contributed by atoms with Gasteiger partial charge in [0.15, 0.2) is 0 Å². The first-order valence-electron chi connectivity index (χ1n) is 5.11. The quantitative estimate of drug-likeness (QED) is 0.781. The van der Waals surface area contributed by atoms with Gasteiger partial charge in [0.05, 0.1) is 18.6 Å². The Labute approximate surface area is 84.1 Å². The smallest absolute Gasteiger partial charge is 0.0951 e. The topological polar surface area (TPSA) is 53.1 Å². The highest BCUT2D eigenvalue weighted by Crippen LogP contribution is 2.26. The van der Waals surface area contributed by atoms with Gasteiger partial charge in [-0.3, -0.25) is 0 Å². The molecular formula is C10H17N3O. The van der Waals surface area contributed by atoms with Gasteiger partial charge in [-0.2, -0.15) is 0 Å². The molecule has 4 heteroatoms. The molecule has 0 aromatic carbocycles. The molecule has 2 atom stereocenters. The fourth-order valence-electron chi connectivity index (χ4n) is 2.02. The molecule has 4 nitrogen and oxygen atoms in total. The van der Waals surface area contributed by atoms with Crippen LogP contribution < -0.4 is 5.73 Å². The van der Waals surface area contributed by atoms with Crippen molar-refractivity contribution in [2.75, 3.05) is 13.2 Å². The number of aromatic nitrogens is 2. The summed E-state index contributed by atoms with van der Waals surface area (Å²) in [5, 5.41) is 0.